The van der Waals surface area contributed by atoms with Gasteiger partial charge < -0.3 is 108 Å². The van der Waals surface area contributed by atoms with Crippen molar-refractivity contribution in [1.82, 2.24) is 57.8 Å². The van der Waals surface area contributed by atoms with E-state index in [2.05, 4.69) is 67.8 Å². The number of hydrogen-bond acceptors (Lipinski definition) is 18. The maximum Gasteiger partial charge on any atom is 0.328 e. The molecule has 0 radical (unpaired) electrons. The van der Waals surface area contributed by atoms with Crippen LogP contribution in [0.5, 0.6) is 5.75 Å². The molecule has 0 saturated carbocycles. The molecule has 0 unspecified atom stereocenters. The molecule has 0 spiro atoms. The van der Waals surface area contributed by atoms with Crippen molar-refractivity contribution in [2.75, 3.05) is 32.8 Å². The normalized spacial score (nSPS) is 14.6. The number of imidazole rings is 1. The fourth-order valence-corrected chi connectivity index (χ4v) is 9.38. The number of aromatic hydroxyl groups is 1. The third-order valence-electron chi connectivity index (χ3n) is 14.7. The molecule has 0 fully saturated rings. The van der Waals surface area contributed by atoms with Gasteiger partial charge in [-0.05, 0) is 99.4 Å². The summed E-state index contributed by atoms with van der Waals surface area (Å²) in [6, 6.07) is 0.0566. The number of hydrogen-bond donors (Lipinski definition) is 20. The number of nitrogens with zero attached hydrogens (tertiary/aromatic N) is 3. The molecular formula is C60H95N19O14. The van der Waals surface area contributed by atoms with Gasteiger partial charge in [-0.1, -0.05) is 76.6 Å². The van der Waals surface area contributed by atoms with Gasteiger partial charge in [-0.25, -0.2) is 9.78 Å². The van der Waals surface area contributed by atoms with Crippen molar-refractivity contribution in [3.8, 4) is 5.75 Å². The fourth-order valence-electron chi connectivity index (χ4n) is 9.38. The van der Waals surface area contributed by atoms with Crippen molar-refractivity contribution in [2.45, 2.75) is 165 Å². The van der Waals surface area contributed by atoms with Gasteiger partial charge in [-0.2, -0.15) is 0 Å². The Hall–Kier alpha value is -9.47. The first-order valence-corrected chi connectivity index (χ1v) is 30.7. The number of aromatic nitrogens is 2. The summed E-state index contributed by atoms with van der Waals surface area (Å²) in [5, 5.41) is 62.6. The molecule has 11 atom stereocenters. The number of nitrogens with two attached hydrogens (primary N) is 6. The van der Waals surface area contributed by atoms with Crippen molar-refractivity contribution in [3.05, 3.63) is 83.9 Å². The van der Waals surface area contributed by atoms with E-state index in [0.717, 1.165) is 0 Å². The molecule has 9 amide bonds. The van der Waals surface area contributed by atoms with Crippen LogP contribution in [0.1, 0.15) is 102 Å². The zero-order valence-corrected chi connectivity index (χ0v) is 53.0. The molecule has 0 saturated heterocycles. The molecule has 1 aromatic heterocycles. The van der Waals surface area contributed by atoms with Crippen LogP contribution in [-0.4, -0.2) is 195 Å². The van der Waals surface area contributed by atoms with E-state index >= 15 is 0 Å². The molecule has 0 aliphatic heterocycles. The standard InChI is InChI=1S/C60H95N19O14/c1-5-34(4)48(57(91)76-44(27-35-13-7-6-8-14-35)53(87)78-47(31-81)58(92)93)79-55(89)43(25-33(2)3)75-52(86)42(17-12-24-69-60(65)66)72-51(85)41(16-11-23-68-59(63)64)71-50(84)40(15-9-10-22-61)73-56(90)46(30-80)77-54(88)45(28-37-29-67-32-70-37)74-49(83)39(62)26-36-18-20-38(82)21-19-36/h6-8,13-14,18-21,29,32-34,39-48,80-82H,5,9-12,15-17,22-28,30-31,61-62H2,1-4H3,(H,67,70)(H,71,84)(H,72,85)(H,73,90)(H,74,83)(H,75,86)(H,76,91)(H,77,88)(H,78,87)(H,79,89)(H,92,93)(H4,63,64,68)(H4,65,66,69)/t34-,39-,40-,41-,42-,43-,44-,45-,46-,47-,48-/m0/s1. The molecule has 3 rings (SSSR count). The van der Waals surface area contributed by atoms with Crippen molar-refractivity contribution in [2.24, 2.45) is 56.2 Å². The highest BCUT2D eigenvalue weighted by atomic mass is 16.4. The number of phenols is 1. The number of carboxylic acids is 1. The first-order chi connectivity index (χ1) is 44.2. The number of phenolic OH excluding ortho intramolecular Hbond substituents is 1. The Morgan fingerprint density at radius 1 is 0.527 bits per heavy atom. The quantitative estimate of drug-likeness (QED) is 0.0144. The number of aliphatic hydroxyl groups is 2. The number of carbonyl (C=O) groups excluding carboxylic acids is 9. The SMILES string of the molecule is CC[C@H](C)[C@H](NC(=O)[C@H](CC(C)C)NC(=O)[C@H](CCCN=C(N)N)NC(=O)[C@H](CCCN=C(N)N)NC(=O)[C@H](CCCCN)NC(=O)[C@H](CO)NC(=O)[C@H](Cc1cnc[nH]1)NC(=O)[C@@H](N)Cc1ccc(O)cc1)C(=O)N[C@@H](Cc1ccccc1)C(=O)N[C@@H](CO)C(=O)O. The summed E-state index contributed by atoms with van der Waals surface area (Å²) in [5.41, 5.74) is 35.9. The number of rotatable bonds is 43. The summed E-state index contributed by atoms with van der Waals surface area (Å²) < 4.78 is 0. The predicted octanol–water partition coefficient (Wildman–Crippen LogP) is -4.77. The van der Waals surface area contributed by atoms with Crippen molar-refractivity contribution in [1.29, 1.82) is 0 Å². The summed E-state index contributed by atoms with van der Waals surface area (Å²) in [6.07, 6.45) is 3.24. The van der Waals surface area contributed by atoms with E-state index in [9.17, 15) is 68.4 Å². The number of amides is 9. The Kier molecular flexibility index (Phi) is 34.4. The summed E-state index contributed by atoms with van der Waals surface area (Å²) in [7, 11) is 0. The van der Waals surface area contributed by atoms with E-state index in [-0.39, 0.29) is 107 Å². The molecule has 2 aromatic carbocycles. The molecule has 33 heteroatoms. The van der Waals surface area contributed by atoms with Gasteiger partial charge in [-0.15, -0.1) is 0 Å². The van der Waals surface area contributed by atoms with Gasteiger partial charge in [0.25, 0.3) is 0 Å². The number of benzene rings is 2. The molecule has 0 bridgehead atoms. The van der Waals surface area contributed by atoms with E-state index in [4.69, 9.17) is 34.4 Å². The monoisotopic (exact) mass is 1310 g/mol. The highest BCUT2D eigenvalue weighted by Crippen LogP contribution is 2.16. The Morgan fingerprint density at radius 2 is 0.968 bits per heavy atom. The Balaban J connectivity index is 1.95. The van der Waals surface area contributed by atoms with E-state index in [1.165, 1.54) is 24.7 Å². The minimum Gasteiger partial charge on any atom is -0.508 e. The number of aliphatic hydroxyl groups excluding tert-OH is 2. The number of unbranched alkanes of at least 4 members (excludes halogenated alkanes) is 1. The summed E-state index contributed by atoms with van der Waals surface area (Å²) in [4.78, 5) is 154. The number of carbonyl (C=O) groups is 10. The fraction of sp³-hybridized carbons (Fsp3) is 0.550. The molecule has 33 nitrogen and oxygen atoms in total. The number of aliphatic imine (C=N–C) groups is 2. The highest BCUT2D eigenvalue weighted by Gasteiger charge is 2.37. The van der Waals surface area contributed by atoms with Crippen LogP contribution in [0.2, 0.25) is 0 Å². The lowest BCUT2D eigenvalue weighted by molar-refractivity contribution is -0.143. The van der Waals surface area contributed by atoms with Crippen LogP contribution in [0.3, 0.4) is 0 Å². The van der Waals surface area contributed by atoms with Crippen LogP contribution >= 0.6 is 0 Å². The average Bonchev–Trinajstić information content (AvgIpc) is 2.21. The van der Waals surface area contributed by atoms with E-state index < -0.39 is 139 Å². The van der Waals surface area contributed by atoms with Crippen LogP contribution in [-0.2, 0) is 67.2 Å². The lowest BCUT2D eigenvalue weighted by Gasteiger charge is -2.30. The second-order valence-electron chi connectivity index (χ2n) is 22.8. The van der Waals surface area contributed by atoms with E-state index in [1.54, 1.807) is 70.2 Å². The first kappa shape index (κ1) is 77.8. The lowest BCUT2D eigenvalue weighted by Crippen LogP contribution is -2.61. The Morgan fingerprint density at radius 3 is 1.44 bits per heavy atom. The number of H-pyrrole nitrogens is 1. The van der Waals surface area contributed by atoms with Gasteiger partial charge in [0.15, 0.2) is 11.9 Å². The second-order valence-corrected chi connectivity index (χ2v) is 22.8. The van der Waals surface area contributed by atoms with Crippen LogP contribution in [0.4, 0.5) is 0 Å². The summed E-state index contributed by atoms with van der Waals surface area (Å²) >= 11 is 0. The third-order valence-corrected chi connectivity index (χ3v) is 14.7. The van der Waals surface area contributed by atoms with E-state index in [1.807, 2.05) is 0 Å². The average molecular weight is 1310 g/mol. The topological polar surface area (TPSA) is 569 Å². The van der Waals surface area contributed by atoms with E-state index in [0.29, 0.717) is 29.7 Å². The zero-order chi connectivity index (χ0) is 69.2. The third kappa shape index (κ3) is 28.7. The number of aliphatic carboxylic acids is 1. The van der Waals surface area contributed by atoms with Gasteiger partial charge in [0, 0.05) is 37.8 Å². The maximum absolute atomic E-state index is 14.6. The molecule has 3 aromatic rings. The van der Waals surface area contributed by atoms with Gasteiger partial charge in [0.05, 0.1) is 25.6 Å². The van der Waals surface area contributed by atoms with Crippen molar-refractivity contribution >= 4 is 71.1 Å². The largest absolute Gasteiger partial charge is 0.508 e. The van der Waals surface area contributed by atoms with Gasteiger partial charge in [0.2, 0.25) is 53.2 Å². The van der Waals surface area contributed by atoms with Crippen LogP contribution in [0.15, 0.2) is 77.1 Å². The minimum absolute atomic E-state index is 0.000526. The second kappa shape index (κ2) is 41.1. The smallest absolute Gasteiger partial charge is 0.328 e. The maximum atomic E-state index is 14.6. The zero-order valence-electron chi connectivity index (χ0n) is 53.0. The molecule has 0 aliphatic rings. The highest BCUT2D eigenvalue weighted by molar-refractivity contribution is 5.99. The summed E-state index contributed by atoms with van der Waals surface area (Å²) in [6.45, 7) is 5.18. The Bertz CT molecular complexity index is 2930. The molecule has 514 valence electrons. The van der Waals surface area contributed by atoms with Gasteiger partial charge in [0.1, 0.15) is 60.1 Å². The predicted molar refractivity (Wildman–Crippen MR) is 343 cm³/mol. The van der Waals surface area contributed by atoms with Crippen LogP contribution in [0, 0.1) is 11.8 Å². The number of guanidine groups is 2. The molecule has 1 heterocycles. The molecular weight excluding hydrogens is 1210 g/mol. The lowest BCUT2D eigenvalue weighted by atomic mass is 9.95. The van der Waals surface area contributed by atoms with Crippen LogP contribution in [0.25, 0.3) is 0 Å². The first-order valence-electron chi connectivity index (χ1n) is 30.7. The Labute approximate surface area is 539 Å². The van der Waals surface area contributed by atoms with Crippen LogP contribution < -0.4 is 82.3 Å². The minimum atomic E-state index is -1.71. The number of aromatic amines is 1. The van der Waals surface area contributed by atoms with Gasteiger partial charge >= 0.3 is 5.97 Å². The van der Waals surface area contributed by atoms with Crippen molar-refractivity contribution in [3.63, 3.8) is 0 Å². The number of carboxylic acid groups (broad SMARTS) is 1. The van der Waals surface area contributed by atoms with Gasteiger partial charge in [-0.3, -0.25) is 53.1 Å². The molecule has 0 aliphatic carbocycles. The molecule has 26 N–H and O–H groups in total. The summed E-state index contributed by atoms with van der Waals surface area (Å²) in [5.74, 6) is -10.9. The molecule has 93 heavy (non-hydrogen) atoms. The number of nitrogens with one attached hydrogen (secondary N) is 10. The van der Waals surface area contributed by atoms with Crippen molar-refractivity contribution < 1.29 is 68.4 Å².